The van der Waals surface area contributed by atoms with Crippen LogP contribution in [0.3, 0.4) is 0 Å². The number of piperidine rings is 2. The smallest absolute Gasteiger partial charge is 0.319 e. The minimum Gasteiger partial charge on any atom is -0.378 e. The molecule has 3 saturated heterocycles. The summed E-state index contributed by atoms with van der Waals surface area (Å²) in [4.78, 5) is 80.8. The lowest BCUT2D eigenvalue weighted by molar-refractivity contribution is -0.135. The molecule has 360 valence electrons. The number of primary amides is 2. The number of hydrogen-bond donors (Lipinski definition) is 4. The van der Waals surface area contributed by atoms with Gasteiger partial charge in [0.05, 0.1) is 36.5 Å². The van der Waals surface area contributed by atoms with Gasteiger partial charge in [-0.3, -0.25) is 24.1 Å². The number of morpholine rings is 1. The molecular formula is C52H60N10O7. The molecule has 0 aromatic heterocycles. The summed E-state index contributed by atoms with van der Waals surface area (Å²) in [5.74, 6) is 0.00803. The lowest BCUT2D eigenvalue weighted by Gasteiger charge is -2.32. The molecule has 17 nitrogen and oxygen atoms in total. The molecule has 0 radical (unpaired) electrons. The highest BCUT2D eigenvalue weighted by molar-refractivity contribution is 5.99. The molecule has 6 N–H and O–H groups in total. The first-order valence-electron chi connectivity index (χ1n) is 23.3. The maximum Gasteiger partial charge on any atom is 0.319 e. The van der Waals surface area contributed by atoms with E-state index in [1.54, 1.807) is 35.2 Å². The maximum atomic E-state index is 13.2. The molecule has 4 aromatic carbocycles. The van der Waals surface area contributed by atoms with Crippen molar-refractivity contribution in [2.45, 2.75) is 64.2 Å². The third-order valence-electron chi connectivity index (χ3n) is 12.9. The van der Waals surface area contributed by atoms with Gasteiger partial charge < -0.3 is 41.5 Å². The van der Waals surface area contributed by atoms with E-state index in [0.29, 0.717) is 97.9 Å². The summed E-state index contributed by atoms with van der Waals surface area (Å²) in [7, 11) is 0. The lowest BCUT2D eigenvalue weighted by Crippen LogP contribution is -2.42. The number of hydrogen-bond acceptors (Lipinski definition) is 9. The van der Waals surface area contributed by atoms with Crippen molar-refractivity contribution in [1.29, 1.82) is 10.5 Å². The van der Waals surface area contributed by atoms with E-state index in [0.717, 1.165) is 36.8 Å². The van der Waals surface area contributed by atoms with E-state index in [2.05, 4.69) is 22.8 Å². The number of nitrogens with zero attached hydrogens (tertiary/aromatic N) is 6. The van der Waals surface area contributed by atoms with Gasteiger partial charge >= 0.3 is 12.1 Å². The molecule has 3 aliphatic rings. The van der Waals surface area contributed by atoms with Crippen molar-refractivity contribution < 1.29 is 33.5 Å². The highest BCUT2D eigenvalue weighted by Gasteiger charge is 2.28. The summed E-state index contributed by atoms with van der Waals surface area (Å²) in [6.45, 7) is 8.76. The fourth-order valence-corrected chi connectivity index (χ4v) is 8.77. The monoisotopic (exact) mass is 936 g/mol. The van der Waals surface area contributed by atoms with Crippen molar-refractivity contribution in [2.24, 2.45) is 11.5 Å². The molecule has 0 saturated carbocycles. The zero-order valence-electron chi connectivity index (χ0n) is 39.2. The second kappa shape index (κ2) is 24.3. The Morgan fingerprint density at radius 3 is 1.62 bits per heavy atom. The van der Waals surface area contributed by atoms with Crippen LogP contribution in [0.25, 0.3) is 0 Å². The van der Waals surface area contributed by atoms with Crippen LogP contribution < -0.4 is 27.0 Å². The molecule has 0 spiro atoms. The Morgan fingerprint density at radius 2 is 1.14 bits per heavy atom. The number of likely N-dealkylation sites (tertiary alicyclic amines) is 2. The van der Waals surface area contributed by atoms with Gasteiger partial charge in [0.1, 0.15) is 0 Å². The molecule has 17 heteroatoms. The number of anilines is 2. The summed E-state index contributed by atoms with van der Waals surface area (Å²) in [6, 6.07) is 28.9. The van der Waals surface area contributed by atoms with Crippen LogP contribution in [0.2, 0.25) is 0 Å². The SMILES string of the molecule is Cc1ccc(C(=O)N2CCC(c3ccc(C#N)cc3)CC2)cc1N(CCC(N)=O)C(N)=O.Cc1ccc(C(=O)N2CCC(c3ccc(C#N)cc3)CC2)cc1NC(=O)NCCC(=O)N1CCOCC1. The molecular weight excluding hydrogens is 877 g/mol. The minimum absolute atomic E-state index is 0.00433. The van der Waals surface area contributed by atoms with E-state index in [-0.39, 0.29) is 43.7 Å². The number of carbonyl (C=O) groups is 6. The molecule has 0 unspecified atom stereocenters. The van der Waals surface area contributed by atoms with Crippen LogP contribution in [0.1, 0.15) is 104 Å². The van der Waals surface area contributed by atoms with Crippen LogP contribution in [-0.4, -0.2) is 116 Å². The summed E-state index contributed by atoms with van der Waals surface area (Å²) < 4.78 is 5.26. The Balaban J connectivity index is 0.000000229. The zero-order valence-corrected chi connectivity index (χ0v) is 39.2. The number of rotatable bonds is 12. The summed E-state index contributed by atoms with van der Waals surface area (Å²) >= 11 is 0. The van der Waals surface area contributed by atoms with Crippen molar-refractivity contribution in [3.8, 4) is 12.1 Å². The van der Waals surface area contributed by atoms with Crippen LogP contribution in [0.5, 0.6) is 0 Å². The maximum absolute atomic E-state index is 13.2. The van der Waals surface area contributed by atoms with Crippen molar-refractivity contribution in [1.82, 2.24) is 20.0 Å². The fraction of sp³-hybridized carbons (Fsp3) is 0.385. The van der Waals surface area contributed by atoms with Gasteiger partial charge in [-0.05, 0) is 122 Å². The van der Waals surface area contributed by atoms with E-state index in [4.69, 9.17) is 26.7 Å². The van der Waals surface area contributed by atoms with Gasteiger partial charge in [-0.1, -0.05) is 36.4 Å². The van der Waals surface area contributed by atoms with E-state index in [1.807, 2.05) is 78.2 Å². The molecule has 69 heavy (non-hydrogen) atoms. The minimum atomic E-state index is -0.706. The highest BCUT2D eigenvalue weighted by atomic mass is 16.5. The van der Waals surface area contributed by atoms with E-state index >= 15 is 0 Å². The molecule has 0 bridgehead atoms. The van der Waals surface area contributed by atoms with Gasteiger partial charge in [0, 0.05) is 87.7 Å². The second-order valence-corrected chi connectivity index (χ2v) is 17.5. The summed E-state index contributed by atoms with van der Waals surface area (Å²) in [5, 5.41) is 23.5. The first-order valence-corrected chi connectivity index (χ1v) is 23.3. The standard InChI is InChI=1S/C28H33N5O4.C24H27N5O3/c1-20-2-5-24(18-25(20)31-28(36)30-11-8-26(34)32-14-16-37-17-15-32)27(35)33-12-9-23(10-13-33)22-6-3-21(19-29)4-7-22;1-16-2-5-20(14-21(16)29(24(27)32)13-10-22(26)30)23(31)28-11-8-19(9-12-28)18-6-3-17(15-25)4-7-18/h2-7,18,23H,8-17H2,1H3,(H2,30,31,36);2-7,14,19H,8-13H2,1H3,(H2,26,30)(H2,27,32). The number of aryl methyl sites for hydroxylation is 2. The number of nitrogens with two attached hydrogens (primary N) is 2. The average Bonchev–Trinajstić information content (AvgIpc) is 3.37. The first kappa shape index (κ1) is 50.6. The summed E-state index contributed by atoms with van der Waals surface area (Å²) in [5.41, 5.74) is 18.0. The number of nitrogens with one attached hydrogen (secondary N) is 2. The molecule has 3 heterocycles. The molecule has 0 atom stereocenters. The third kappa shape index (κ3) is 13.9. The van der Waals surface area contributed by atoms with Gasteiger partial charge in [0.25, 0.3) is 11.8 Å². The van der Waals surface area contributed by atoms with Gasteiger partial charge in [0.15, 0.2) is 0 Å². The van der Waals surface area contributed by atoms with Gasteiger partial charge in [-0.25, -0.2) is 9.59 Å². The van der Waals surface area contributed by atoms with E-state index in [1.165, 1.54) is 16.0 Å². The Kier molecular flexibility index (Phi) is 17.8. The Bertz CT molecular complexity index is 2570. The van der Waals surface area contributed by atoms with Crippen molar-refractivity contribution in [3.05, 3.63) is 129 Å². The number of urea groups is 2. The number of amides is 8. The predicted octanol–water partition coefficient (Wildman–Crippen LogP) is 5.90. The van der Waals surface area contributed by atoms with Crippen LogP contribution >= 0.6 is 0 Å². The van der Waals surface area contributed by atoms with Crippen LogP contribution in [0, 0.1) is 36.5 Å². The first-order chi connectivity index (χ1) is 33.2. The lowest BCUT2D eigenvalue weighted by atomic mass is 9.89. The van der Waals surface area contributed by atoms with Crippen molar-refractivity contribution in [3.63, 3.8) is 0 Å². The van der Waals surface area contributed by atoms with Crippen molar-refractivity contribution in [2.75, 3.05) is 75.8 Å². The molecule has 8 amide bonds. The zero-order chi connectivity index (χ0) is 49.5. The highest BCUT2D eigenvalue weighted by Crippen LogP contribution is 2.31. The molecule has 4 aromatic rings. The number of ether oxygens (including phenoxy) is 1. The Labute approximate surface area is 402 Å². The number of nitriles is 2. The topological polar surface area (TPSA) is 248 Å². The normalized spacial score (nSPS) is 15.1. The quantitative estimate of drug-likeness (QED) is 0.132. The molecule has 0 aliphatic carbocycles. The Morgan fingerprint density at radius 1 is 0.652 bits per heavy atom. The summed E-state index contributed by atoms with van der Waals surface area (Å²) in [6.07, 6.45) is 3.60. The number of carbonyl (C=O) groups excluding carboxylic acids is 6. The predicted molar refractivity (Wildman–Crippen MR) is 260 cm³/mol. The molecule has 3 fully saturated rings. The third-order valence-corrected chi connectivity index (χ3v) is 12.9. The fourth-order valence-electron chi connectivity index (χ4n) is 8.77. The van der Waals surface area contributed by atoms with Gasteiger partial charge in [-0.15, -0.1) is 0 Å². The van der Waals surface area contributed by atoms with E-state index < -0.39 is 18.0 Å². The largest absolute Gasteiger partial charge is 0.378 e. The van der Waals surface area contributed by atoms with Gasteiger partial charge in [0.2, 0.25) is 11.8 Å². The van der Waals surface area contributed by atoms with Crippen LogP contribution in [0.4, 0.5) is 21.0 Å². The number of benzene rings is 4. The van der Waals surface area contributed by atoms with Crippen LogP contribution in [-0.2, 0) is 14.3 Å². The Hall–Kier alpha value is -7.76. The molecule has 7 rings (SSSR count). The second-order valence-electron chi connectivity index (χ2n) is 17.5. The van der Waals surface area contributed by atoms with Gasteiger partial charge in [-0.2, -0.15) is 10.5 Å². The van der Waals surface area contributed by atoms with Crippen LogP contribution in [0.15, 0.2) is 84.9 Å². The molecule has 3 aliphatic heterocycles. The average molecular weight is 937 g/mol. The van der Waals surface area contributed by atoms with Crippen molar-refractivity contribution >= 4 is 47.1 Å². The van der Waals surface area contributed by atoms with E-state index in [9.17, 15) is 28.8 Å².